The lowest BCUT2D eigenvalue weighted by Crippen LogP contribution is -2.11. The number of non-ortho nitro benzene ring substituents is 1. The average molecular weight is 271 g/mol. The molecule has 2 aromatic rings. The Morgan fingerprint density at radius 2 is 1.95 bits per heavy atom. The van der Waals surface area contributed by atoms with Gasteiger partial charge in [0.15, 0.2) is 12.4 Å². The van der Waals surface area contributed by atoms with Crippen LogP contribution in [-0.4, -0.2) is 17.3 Å². The number of rotatable bonds is 5. The van der Waals surface area contributed by atoms with Gasteiger partial charge in [0.25, 0.3) is 5.69 Å². The molecule has 5 nitrogen and oxygen atoms in total. The Labute approximate surface area is 116 Å². The highest BCUT2D eigenvalue weighted by molar-refractivity contribution is 5.97. The monoisotopic (exact) mass is 271 g/mol. The van der Waals surface area contributed by atoms with Crippen molar-refractivity contribution in [3.63, 3.8) is 0 Å². The molecule has 102 valence electrons. The van der Waals surface area contributed by atoms with E-state index in [2.05, 4.69) is 0 Å². The van der Waals surface area contributed by atoms with Crippen LogP contribution in [0.15, 0.2) is 48.5 Å². The number of carbonyl (C=O) groups is 1. The van der Waals surface area contributed by atoms with Gasteiger partial charge in [0, 0.05) is 17.7 Å². The number of nitrogens with zero attached hydrogens (tertiary/aromatic N) is 1. The molecule has 0 radical (unpaired) electrons. The van der Waals surface area contributed by atoms with Crippen molar-refractivity contribution in [3.05, 3.63) is 69.8 Å². The Kier molecular flexibility index (Phi) is 4.10. The largest absolute Gasteiger partial charge is 0.485 e. The molecule has 0 aliphatic heterocycles. The highest BCUT2D eigenvalue weighted by atomic mass is 16.6. The second-order valence-electron chi connectivity index (χ2n) is 4.34. The molecule has 0 saturated heterocycles. The number of ether oxygens (including phenoxy) is 1. The highest BCUT2D eigenvalue weighted by Gasteiger charge is 2.12. The van der Waals surface area contributed by atoms with E-state index in [1.807, 2.05) is 25.1 Å². The SMILES string of the molecule is Cc1cccc(OCC(=O)c2cccc([N+](=O)[O-])c2)c1. The maximum Gasteiger partial charge on any atom is 0.270 e. The normalized spacial score (nSPS) is 10.1. The minimum atomic E-state index is -0.530. The van der Waals surface area contributed by atoms with E-state index in [1.54, 1.807) is 6.07 Å². The van der Waals surface area contributed by atoms with E-state index in [-0.39, 0.29) is 23.6 Å². The molecule has 0 aliphatic carbocycles. The van der Waals surface area contributed by atoms with Gasteiger partial charge in [0.05, 0.1) is 4.92 Å². The second-order valence-corrected chi connectivity index (χ2v) is 4.34. The van der Waals surface area contributed by atoms with Gasteiger partial charge < -0.3 is 4.74 Å². The number of Topliss-reactive ketones (excluding diaryl/α,β-unsaturated/α-hetero) is 1. The number of hydrogen-bond acceptors (Lipinski definition) is 4. The Balaban J connectivity index is 2.05. The van der Waals surface area contributed by atoms with Gasteiger partial charge in [-0.05, 0) is 24.6 Å². The molecular formula is C15H13NO4. The maximum atomic E-state index is 11.9. The first-order valence-corrected chi connectivity index (χ1v) is 6.03. The number of carbonyl (C=O) groups excluding carboxylic acids is 1. The van der Waals surface area contributed by atoms with Gasteiger partial charge in [-0.15, -0.1) is 0 Å². The minimum Gasteiger partial charge on any atom is -0.485 e. The van der Waals surface area contributed by atoms with Gasteiger partial charge >= 0.3 is 0 Å². The molecule has 2 aromatic carbocycles. The van der Waals surface area contributed by atoms with Crippen molar-refractivity contribution >= 4 is 11.5 Å². The van der Waals surface area contributed by atoms with Gasteiger partial charge in [-0.25, -0.2) is 0 Å². The summed E-state index contributed by atoms with van der Waals surface area (Å²) in [5.74, 6) is 0.305. The lowest BCUT2D eigenvalue weighted by molar-refractivity contribution is -0.384. The predicted molar refractivity (Wildman–Crippen MR) is 74.1 cm³/mol. The fraction of sp³-hybridized carbons (Fsp3) is 0.133. The Bertz CT molecular complexity index is 652. The number of ketones is 1. The van der Waals surface area contributed by atoms with Crippen molar-refractivity contribution in [2.24, 2.45) is 0 Å². The lowest BCUT2D eigenvalue weighted by Gasteiger charge is -2.06. The first-order chi connectivity index (χ1) is 9.56. The summed E-state index contributed by atoms with van der Waals surface area (Å²) in [4.78, 5) is 22.1. The third-order valence-corrected chi connectivity index (χ3v) is 2.74. The Morgan fingerprint density at radius 3 is 2.65 bits per heavy atom. The standard InChI is InChI=1S/C15H13NO4/c1-11-4-2-7-14(8-11)20-10-15(17)12-5-3-6-13(9-12)16(18)19/h2-9H,10H2,1H3. The molecule has 0 atom stereocenters. The van der Waals surface area contributed by atoms with E-state index < -0.39 is 4.92 Å². The van der Waals surface area contributed by atoms with Crippen molar-refractivity contribution in [2.45, 2.75) is 6.92 Å². The number of aryl methyl sites for hydroxylation is 1. The molecule has 0 spiro atoms. The molecular weight excluding hydrogens is 258 g/mol. The van der Waals surface area contributed by atoms with Crippen LogP contribution >= 0.6 is 0 Å². The van der Waals surface area contributed by atoms with Crippen LogP contribution in [-0.2, 0) is 0 Å². The van der Waals surface area contributed by atoms with E-state index in [1.165, 1.54) is 24.3 Å². The first kappa shape index (κ1) is 13.7. The van der Waals surface area contributed by atoms with Crippen molar-refractivity contribution in [2.75, 3.05) is 6.61 Å². The number of benzene rings is 2. The van der Waals surface area contributed by atoms with Crippen LogP contribution in [0.3, 0.4) is 0 Å². The summed E-state index contributed by atoms with van der Waals surface area (Å²) in [6.07, 6.45) is 0. The third kappa shape index (κ3) is 3.41. The summed E-state index contributed by atoms with van der Waals surface area (Å²) in [5.41, 5.74) is 1.20. The summed E-state index contributed by atoms with van der Waals surface area (Å²) in [6, 6.07) is 13.0. The maximum absolute atomic E-state index is 11.9. The average Bonchev–Trinajstić information content (AvgIpc) is 2.45. The highest BCUT2D eigenvalue weighted by Crippen LogP contribution is 2.15. The fourth-order valence-corrected chi connectivity index (χ4v) is 1.73. The van der Waals surface area contributed by atoms with Gasteiger partial charge in [0.1, 0.15) is 5.75 Å². The molecule has 0 aliphatic rings. The molecule has 0 aromatic heterocycles. The summed E-state index contributed by atoms with van der Waals surface area (Å²) >= 11 is 0. The predicted octanol–water partition coefficient (Wildman–Crippen LogP) is 3.16. The zero-order valence-corrected chi connectivity index (χ0v) is 10.9. The van der Waals surface area contributed by atoms with Crippen molar-refractivity contribution in [3.8, 4) is 5.75 Å². The van der Waals surface area contributed by atoms with Crippen LogP contribution < -0.4 is 4.74 Å². The van der Waals surface area contributed by atoms with Crippen LogP contribution in [0.5, 0.6) is 5.75 Å². The molecule has 0 amide bonds. The van der Waals surface area contributed by atoms with E-state index >= 15 is 0 Å². The smallest absolute Gasteiger partial charge is 0.270 e. The van der Waals surface area contributed by atoms with Crippen molar-refractivity contribution in [1.82, 2.24) is 0 Å². The molecule has 0 unspecified atom stereocenters. The minimum absolute atomic E-state index is 0.105. The lowest BCUT2D eigenvalue weighted by atomic mass is 10.1. The molecule has 0 saturated carbocycles. The number of nitro benzene ring substituents is 1. The summed E-state index contributed by atoms with van der Waals surface area (Å²) in [6.45, 7) is 1.78. The molecule has 20 heavy (non-hydrogen) atoms. The van der Waals surface area contributed by atoms with Gasteiger partial charge in [-0.2, -0.15) is 0 Å². The van der Waals surface area contributed by atoms with E-state index in [0.717, 1.165) is 5.56 Å². The number of hydrogen-bond donors (Lipinski definition) is 0. The van der Waals surface area contributed by atoms with E-state index in [9.17, 15) is 14.9 Å². The van der Waals surface area contributed by atoms with Crippen LogP contribution in [0.1, 0.15) is 15.9 Å². The molecule has 0 bridgehead atoms. The van der Waals surface area contributed by atoms with E-state index in [4.69, 9.17) is 4.74 Å². The topological polar surface area (TPSA) is 69.4 Å². The molecule has 2 rings (SSSR count). The van der Waals surface area contributed by atoms with Gasteiger partial charge in [-0.1, -0.05) is 24.3 Å². The summed E-state index contributed by atoms with van der Waals surface area (Å²) < 4.78 is 5.38. The second kappa shape index (κ2) is 5.97. The van der Waals surface area contributed by atoms with Gasteiger partial charge in [-0.3, -0.25) is 14.9 Å². The zero-order chi connectivity index (χ0) is 14.5. The summed E-state index contributed by atoms with van der Waals surface area (Å²) in [7, 11) is 0. The summed E-state index contributed by atoms with van der Waals surface area (Å²) in [5, 5.41) is 10.7. The number of nitro groups is 1. The van der Waals surface area contributed by atoms with Crippen LogP contribution in [0.4, 0.5) is 5.69 Å². The van der Waals surface area contributed by atoms with Crippen LogP contribution in [0.25, 0.3) is 0 Å². The van der Waals surface area contributed by atoms with E-state index in [0.29, 0.717) is 5.75 Å². The van der Waals surface area contributed by atoms with Gasteiger partial charge in [0.2, 0.25) is 0 Å². The fourth-order valence-electron chi connectivity index (χ4n) is 1.73. The Hall–Kier alpha value is -2.69. The first-order valence-electron chi connectivity index (χ1n) is 6.03. The van der Waals surface area contributed by atoms with Crippen molar-refractivity contribution in [1.29, 1.82) is 0 Å². The molecule has 0 N–H and O–H groups in total. The van der Waals surface area contributed by atoms with Crippen LogP contribution in [0, 0.1) is 17.0 Å². The molecule has 0 fully saturated rings. The van der Waals surface area contributed by atoms with Crippen LogP contribution in [0.2, 0.25) is 0 Å². The quantitative estimate of drug-likeness (QED) is 0.476. The third-order valence-electron chi connectivity index (χ3n) is 2.74. The molecule has 5 heteroatoms. The van der Waals surface area contributed by atoms with Crippen molar-refractivity contribution < 1.29 is 14.5 Å². The molecule has 0 heterocycles. The zero-order valence-electron chi connectivity index (χ0n) is 10.9. The Morgan fingerprint density at radius 1 is 1.20 bits per heavy atom.